The summed E-state index contributed by atoms with van der Waals surface area (Å²) in [7, 11) is 0. The molecule has 162 valence electrons. The van der Waals surface area contributed by atoms with Gasteiger partial charge in [-0.25, -0.2) is 0 Å². The van der Waals surface area contributed by atoms with Crippen LogP contribution in [-0.2, 0) is 4.79 Å². The molecule has 1 saturated carbocycles. The Balaban J connectivity index is 0.00000300. The largest absolute Gasteiger partial charge is 0.369 e. The van der Waals surface area contributed by atoms with Gasteiger partial charge in [0.05, 0.1) is 6.54 Å². The minimum atomic E-state index is 0. The van der Waals surface area contributed by atoms with E-state index in [4.69, 9.17) is 0 Å². The third kappa shape index (κ3) is 7.68. The van der Waals surface area contributed by atoms with Crippen LogP contribution in [0.3, 0.4) is 0 Å². The van der Waals surface area contributed by atoms with Gasteiger partial charge in [-0.1, -0.05) is 37.5 Å². The number of nitrogens with zero attached hydrogens (tertiary/aromatic N) is 2. The molecular weight excluding hydrogens is 477 g/mol. The van der Waals surface area contributed by atoms with Crippen LogP contribution in [0, 0.1) is 5.92 Å². The number of rotatable bonds is 7. The molecule has 0 radical (unpaired) electrons. The Labute approximate surface area is 192 Å². The van der Waals surface area contributed by atoms with Crippen molar-refractivity contribution < 1.29 is 4.79 Å². The molecule has 29 heavy (non-hydrogen) atoms. The van der Waals surface area contributed by atoms with E-state index in [0.29, 0.717) is 19.1 Å². The number of amides is 1. The molecular formula is C22H36IN5O. The lowest BCUT2D eigenvalue weighted by Crippen LogP contribution is -2.45. The van der Waals surface area contributed by atoms with Crippen LogP contribution >= 0.6 is 24.0 Å². The first-order chi connectivity index (χ1) is 13.8. The van der Waals surface area contributed by atoms with Gasteiger partial charge in [-0.15, -0.1) is 24.0 Å². The molecule has 1 atom stereocenters. The zero-order valence-corrected chi connectivity index (χ0v) is 19.9. The first-order valence-corrected chi connectivity index (χ1v) is 10.9. The Morgan fingerprint density at radius 1 is 1.10 bits per heavy atom. The third-order valence-electron chi connectivity index (χ3n) is 5.65. The average Bonchev–Trinajstić information content (AvgIpc) is 3.21. The zero-order valence-electron chi connectivity index (χ0n) is 17.5. The summed E-state index contributed by atoms with van der Waals surface area (Å²) >= 11 is 0. The van der Waals surface area contributed by atoms with Gasteiger partial charge in [-0.3, -0.25) is 9.79 Å². The van der Waals surface area contributed by atoms with Crippen LogP contribution in [0.25, 0.3) is 0 Å². The highest BCUT2D eigenvalue weighted by Crippen LogP contribution is 2.23. The highest BCUT2D eigenvalue weighted by molar-refractivity contribution is 14.0. The van der Waals surface area contributed by atoms with Crippen molar-refractivity contribution in [1.82, 2.24) is 16.0 Å². The Hall–Kier alpha value is -1.51. The molecule has 1 heterocycles. The second-order valence-corrected chi connectivity index (χ2v) is 7.80. The molecule has 1 amide bonds. The summed E-state index contributed by atoms with van der Waals surface area (Å²) in [5, 5.41) is 9.94. The fraction of sp³-hybridized carbons (Fsp3) is 0.636. The number of carbonyl (C=O) groups excluding carboxylic acids is 1. The van der Waals surface area contributed by atoms with Crippen LogP contribution < -0.4 is 20.9 Å². The van der Waals surface area contributed by atoms with E-state index in [2.05, 4.69) is 63.1 Å². The van der Waals surface area contributed by atoms with Crippen LogP contribution in [0.5, 0.6) is 0 Å². The molecule has 0 aromatic heterocycles. The molecule has 1 aromatic rings. The molecule has 6 nitrogen and oxygen atoms in total. The van der Waals surface area contributed by atoms with Crippen LogP contribution in [-0.4, -0.2) is 50.6 Å². The molecule has 1 saturated heterocycles. The number of aliphatic imine (C=N–C) groups is 1. The van der Waals surface area contributed by atoms with Crippen molar-refractivity contribution in [1.29, 1.82) is 0 Å². The van der Waals surface area contributed by atoms with Crippen molar-refractivity contribution in [2.24, 2.45) is 10.9 Å². The number of benzene rings is 1. The number of nitrogens with one attached hydrogen (secondary N) is 3. The monoisotopic (exact) mass is 513 g/mol. The van der Waals surface area contributed by atoms with E-state index < -0.39 is 0 Å². The SMILES string of the molecule is CCNC(=NCCNC(=O)C1CCCCC1)NC1CCN(c2ccccc2)C1.I. The molecule has 3 rings (SSSR count). The first-order valence-electron chi connectivity index (χ1n) is 10.9. The summed E-state index contributed by atoms with van der Waals surface area (Å²) < 4.78 is 0. The maximum atomic E-state index is 12.2. The summed E-state index contributed by atoms with van der Waals surface area (Å²) in [5.74, 6) is 1.27. The fourth-order valence-electron chi connectivity index (χ4n) is 4.12. The van der Waals surface area contributed by atoms with Crippen molar-refractivity contribution in [3.05, 3.63) is 30.3 Å². The Bertz CT molecular complexity index is 633. The zero-order chi connectivity index (χ0) is 19.6. The Morgan fingerprint density at radius 3 is 2.59 bits per heavy atom. The van der Waals surface area contributed by atoms with Gasteiger partial charge in [0.25, 0.3) is 0 Å². The highest BCUT2D eigenvalue weighted by Gasteiger charge is 2.23. The average molecular weight is 513 g/mol. The predicted octanol–water partition coefficient (Wildman–Crippen LogP) is 3.13. The number of anilines is 1. The van der Waals surface area contributed by atoms with Crippen LogP contribution in [0.15, 0.2) is 35.3 Å². The van der Waals surface area contributed by atoms with E-state index in [1.54, 1.807) is 0 Å². The normalized spacial score (nSPS) is 20.1. The van der Waals surface area contributed by atoms with Gasteiger partial charge in [0.15, 0.2) is 5.96 Å². The molecule has 0 bridgehead atoms. The van der Waals surface area contributed by atoms with Crippen molar-refractivity contribution in [2.75, 3.05) is 37.6 Å². The molecule has 0 spiro atoms. The molecule has 7 heteroatoms. The molecule has 2 fully saturated rings. The summed E-state index contributed by atoms with van der Waals surface area (Å²) in [6.07, 6.45) is 6.82. The van der Waals surface area contributed by atoms with Gasteiger partial charge in [-0.2, -0.15) is 0 Å². The van der Waals surface area contributed by atoms with Crippen molar-refractivity contribution in [3.63, 3.8) is 0 Å². The molecule has 1 aromatic carbocycles. The predicted molar refractivity (Wildman–Crippen MR) is 131 cm³/mol. The van der Waals surface area contributed by atoms with Crippen molar-refractivity contribution in [2.45, 2.75) is 51.5 Å². The van der Waals surface area contributed by atoms with Gasteiger partial charge < -0.3 is 20.9 Å². The number of carbonyl (C=O) groups is 1. The maximum Gasteiger partial charge on any atom is 0.223 e. The van der Waals surface area contributed by atoms with Crippen molar-refractivity contribution >= 4 is 41.5 Å². The van der Waals surface area contributed by atoms with E-state index in [1.165, 1.54) is 24.9 Å². The lowest BCUT2D eigenvalue weighted by molar-refractivity contribution is -0.125. The Morgan fingerprint density at radius 2 is 1.86 bits per heavy atom. The second kappa shape index (κ2) is 12.9. The third-order valence-corrected chi connectivity index (χ3v) is 5.65. The van der Waals surface area contributed by atoms with E-state index in [1.807, 2.05) is 0 Å². The minimum Gasteiger partial charge on any atom is -0.369 e. The van der Waals surface area contributed by atoms with Crippen LogP contribution in [0.1, 0.15) is 45.4 Å². The van der Waals surface area contributed by atoms with Gasteiger partial charge >= 0.3 is 0 Å². The molecule has 1 aliphatic heterocycles. The van der Waals surface area contributed by atoms with E-state index in [9.17, 15) is 4.79 Å². The van der Waals surface area contributed by atoms with E-state index in [-0.39, 0.29) is 35.8 Å². The number of para-hydroxylation sites is 1. The summed E-state index contributed by atoms with van der Waals surface area (Å²) in [6, 6.07) is 10.9. The fourth-order valence-corrected chi connectivity index (χ4v) is 4.12. The number of guanidine groups is 1. The number of halogens is 1. The number of hydrogen-bond donors (Lipinski definition) is 3. The Kier molecular flexibility index (Phi) is 10.6. The van der Waals surface area contributed by atoms with Gasteiger partial charge in [0.2, 0.25) is 5.91 Å². The number of hydrogen-bond acceptors (Lipinski definition) is 3. The van der Waals surface area contributed by atoms with Gasteiger partial charge in [0, 0.05) is 43.8 Å². The smallest absolute Gasteiger partial charge is 0.223 e. The van der Waals surface area contributed by atoms with E-state index >= 15 is 0 Å². The van der Waals surface area contributed by atoms with Crippen LogP contribution in [0.2, 0.25) is 0 Å². The maximum absolute atomic E-state index is 12.2. The topological polar surface area (TPSA) is 68.8 Å². The molecule has 1 aliphatic carbocycles. The molecule has 3 N–H and O–H groups in total. The summed E-state index contributed by atoms with van der Waals surface area (Å²) in [5.41, 5.74) is 1.28. The lowest BCUT2D eigenvalue weighted by Gasteiger charge is -2.21. The lowest BCUT2D eigenvalue weighted by atomic mass is 9.89. The highest BCUT2D eigenvalue weighted by atomic mass is 127. The quantitative estimate of drug-likeness (QED) is 0.227. The summed E-state index contributed by atoms with van der Waals surface area (Å²) in [4.78, 5) is 19.3. The summed E-state index contributed by atoms with van der Waals surface area (Å²) in [6.45, 7) is 6.14. The standard InChI is InChI=1S/C22H35N5O.HI/c1-2-23-22(25-15-14-24-21(28)18-9-5-3-6-10-18)26-19-13-16-27(17-19)20-11-7-4-8-12-20;/h4,7-8,11-12,18-19H,2-3,5-6,9-10,13-17H2,1H3,(H,24,28)(H2,23,25,26);1H. The first kappa shape index (κ1) is 23.8. The van der Waals surface area contributed by atoms with Crippen LogP contribution in [0.4, 0.5) is 5.69 Å². The second-order valence-electron chi connectivity index (χ2n) is 7.80. The van der Waals surface area contributed by atoms with Gasteiger partial charge in [0.1, 0.15) is 0 Å². The van der Waals surface area contributed by atoms with Gasteiger partial charge in [-0.05, 0) is 38.3 Å². The molecule has 1 unspecified atom stereocenters. The van der Waals surface area contributed by atoms with Crippen molar-refractivity contribution in [3.8, 4) is 0 Å². The van der Waals surface area contributed by atoms with E-state index in [0.717, 1.165) is 44.9 Å². The molecule has 2 aliphatic rings. The minimum absolute atomic E-state index is 0.